The van der Waals surface area contributed by atoms with Gasteiger partial charge in [0, 0.05) is 38.2 Å². The van der Waals surface area contributed by atoms with Crippen molar-refractivity contribution in [2.24, 2.45) is 0 Å². The van der Waals surface area contributed by atoms with Crippen LogP contribution in [0.5, 0.6) is 0 Å². The Morgan fingerprint density at radius 3 is 0.776 bits per heavy atom. The smallest absolute Gasteiger partial charge is 0.166 e. The van der Waals surface area contributed by atoms with Crippen LogP contribution in [0.2, 0.25) is 0 Å². The van der Waals surface area contributed by atoms with E-state index in [1.807, 2.05) is 109 Å². The summed E-state index contributed by atoms with van der Waals surface area (Å²) in [6.07, 6.45) is 0. The van der Waals surface area contributed by atoms with Crippen LogP contribution in [0.15, 0.2) is 328 Å². The Kier molecular flexibility index (Phi) is 14.5. The first-order valence-corrected chi connectivity index (χ1v) is 32.5. The number of hydrogen-bond donors (Lipinski definition) is 0. The second-order valence-corrected chi connectivity index (χ2v) is 24.5. The van der Waals surface area contributed by atoms with Crippen LogP contribution in [-0.2, 0) is 0 Å². The van der Waals surface area contributed by atoms with Crippen molar-refractivity contribution >= 4 is 43.6 Å². The molecule has 0 bridgehead atoms. The Labute approximate surface area is 566 Å². The predicted molar refractivity (Wildman–Crippen MR) is 397 cm³/mol. The molecule has 0 amide bonds. The molecule has 0 aliphatic rings. The van der Waals surface area contributed by atoms with Crippen LogP contribution in [0.1, 0.15) is 16.7 Å². The molecule has 14 aromatic carbocycles. The Morgan fingerprint density at radius 1 is 0.204 bits per heavy atom. The van der Waals surface area contributed by atoms with E-state index in [1.165, 1.54) is 0 Å². The fraction of sp³-hybridized carbons (Fsp3) is 0. The molecular weight excluding hydrogens is 1190 g/mol. The number of nitriles is 3. The minimum Gasteiger partial charge on any atom is -0.308 e. The highest BCUT2D eigenvalue weighted by Crippen LogP contribution is 2.45. The van der Waals surface area contributed by atoms with Gasteiger partial charge in [0.2, 0.25) is 0 Å². The number of rotatable bonds is 12. The zero-order chi connectivity index (χ0) is 65.6. The van der Waals surface area contributed by atoms with Crippen molar-refractivity contribution in [1.82, 2.24) is 24.1 Å². The lowest BCUT2D eigenvalue weighted by Gasteiger charge is -2.18. The van der Waals surface area contributed by atoms with Gasteiger partial charge >= 0.3 is 0 Å². The molecule has 454 valence electrons. The molecule has 0 saturated carbocycles. The lowest BCUT2D eigenvalue weighted by molar-refractivity contribution is 1.06. The van der Waals surface area contributed by atoms with Crippen molar-refractivity contribution in [3.8, 4) is 142 Å². The van der Waals surface area contributed by atoms with Crippen LogP contribution in [0, 0.1) is 34.0 Å². The molecule has 0 aliphatic heterocycles. The molecule has 0 fully saturated rings. The minimum atomic E-state index is 0.408. The molecule has 3 heterocycles. The van der Waals surface area contributed by atoms with E-state index in [4.69, 9.17) is 15.0 Å². The van der Waals surface area contributed by atoms with Gasteiger partial charge in [-0.1, -0.05) is 218 Å². The SMILES string of the molecule is N#Cc1cccc(-c2ccc(-c3nc(-c4cc(-c5cccc(C#N)c5)ccc4-n4c5ccc(-c6ccccc6)cc5c5cc(-c6ccccc6)ccc54)nc(-c4cc(-c5cccc(C#N)c5)ccc4-n4c5ccc(-c6ccccc6)cc5c5cc(-c6ccccc6)ccc54)n3)cc2)c1. The summed E-state index contributed by atoms with van der Waals surface area (Å²) < 4.78 is 4.68. The molecule has 17 aromatic rings. The van der Waals surface area contributed by atoms with Crippen LogP contribution in [0.4, 0.5) is 0 Å². The Bertz CT molecular complexity index is 5610. The number of fused-ring (bicyclic) bond motifs is 6. The molecular formula is C90H54N8. The number of benzene rings is 14. The predicted octanol–water partition coefficient (Wildman–Crippen LogP) is 22.4. The summed E-state index contributed by atoms with van der Waals surface area (Å²) in [5.41, 5.74) is 23.6. The van der Waals surface area contributed by atoms with Crippen LogP contribution >= 0.6 is 0 Å². The van der Waals surface area contributed by atoms with Gasteiger partial charge in [-0.25, -0.2) is 15.0 Å². The molecule has 8 heteroatoms. The van der Waals surface area contributed by atoms with Crippen LogP contribution in [-0.4, -0.2) is 24.1 Å². The molecule has 0 radical (unpaired) electrons. The second-order valence-electron chi connectivity index (χ2n) is 24.5. The fourth-order valence-electron chi connectivity index (χ4n) is 13.8. The third-order valence-electron chi connectivity index (χ3n) is 18.7. The topological polar surface area (TPSA) is 120 Å². The standard InChI is InChI=1S/C90H54N8/c91-55-58-16-13-27-67(46-58)65-30-32-66(33-31-65)88-94-89(80-53-74(68-28-14-17-59(47-68)56-92)38-44-86(80)97-82-40-34-70(61-19-5-1-6-20-61)49-76(82)77-50-71(35-41-83(77)97)62-21-7-2-8-22-62)96-90(95-88)81-54-75(69-29-15-18-60(48-69)57-93)39-45-87(81)98-84-42-36-72(63-23-9-3-10-24-63)51-78(84)79-52-73(37-43-85(79)98)64-25-11-4-12-26-64/h1-54H. The lowest BCUT2D eigenvalue weighted by Crippen LogP contribution is -2.06. The maximum absolute atomic E-state index is 10.3. The van der Waals surface area contributed by atoms with E-state index in [0.717, 1.165) is 150 Å². The van der Waals surface area contributed by atoms with Gasteiger partial charge in [-0.3, -0.25) is 0 Å². The Balaban J connectivity index is 0.963. The minimum absolute atomic E-state index is 0.408. The van der Waals surface area contributed by atoms with Gasteiger partial charge in [0.15, 0.2) is 17.5 Å². The maximum Gasteiger partial charge on any atom is 0.166 e. The molecule has 0 N–H and O–H groups in total. The van der Waals surface area contributed by atoms with Crippen molar-refractivity contribution in [2.45, 2.75) is 0 Å². The molecule has 0 spiro atoms. The number of hydrogen-bond acceptors (Lipinski definition) is 6. The van der Waals surface area contributed by atoms with Gasteiger partial charge in [-0.15, -0.1) is 0 Å². The quantitative estimate of drug-likeness (QED) is 0.120. The zero-order valence-electron chi connectivity index (χ0n) is 52.8. The summed E-state index contributed by atoms with van der Waals surface area (Å²) in [7, 11) is 0. The van der Waals surface area contributed by atoms with Gasteiger partial charge in [0.25, 0.3) is 0 Å². The monoisotopic (exact) mass is 1250 g/mol. The van der Waals surface area contributed by atoms with Crippen molar-refractivity contribution in [3.05, 3.63) is 344 Å². The normalized spacial score (nSPS) is 11.2. The highest BCUT2D eigenvalue weighted by molar-refractivity contribution is 6.14. The summed E-state index contributed by atoms with van der Waals surface area (Å²) in [5.74, 6) is 1.24. The van der Waals surface area contributed by atoms with E-state index in [9.17, 15) is 15.8 Å². The first-order chi connectivity index (χ1) is 48.4. The van der Waals surface area contributed by atoms with Crippen LogP contribution in [0.25, 0.3) is 167 Å². The highest BCUT2D eigenvalue weighted by atomic mass is 15.1. The molecule has 0 saturated heterocycles. The first-order valence-electron chi connectivity index (χ1n) is 32.5. The summed E-state index contributed by atoms with van der Waals surface area (Å²) >= 11 is 0. The van der Waals surface area contributed by atoms with Gasteiger partial charge in [-0.05, 0) is 187 Å². The average Bonchev–Trinajstić information content (AvgIpc) is 1.56. The fourth-order valence-corrected chi connectivity index (χ4v) is 13.8. The van der Waals surface area contributed by atoms with Gasteiger partial charge < -0.3 is 9.13 Å². The first kappa shape index (κ1) is 58.0. The molecule has 3 aromatic heterocycles. The van der Waals surface area contributed by atoms with Crippen LogP contribution in [0.3, 0.4) is 0 Å². The number of nitrogens with zero attached hydrogens (tertiary/aromatic N) is 8. The van der Waals surface area contributed by atoms with E-state index in [-0.39, 0.29) is 0 Å². The van der Waals surface area contributed by atoms with E-state index >= 15 is 0 Å². The van der Waals surface area contributed by atoms with E-state index in [0.29, 0.717) is 34.2 Å². The Morgan fingerprint density at radius 2 is 0.449 bits per heavy atom. The average molecular weight is 1250 g/mol. The van der Waals surface area contributed by atoms with Crippen molar-refractivity contribution in [2.75, 3.05) is 0 Å². The number of aromatic nitrogens is 5. The zero-order valence-corrected chi connectivity index (χ0v) is 52.8. The lowest BCUT2D eigenvalue weighted by atomic mass is 9.98. The van der Waals surface area contributed by atoms with Crippen molar-refractivity contribution in [3.63, 3.8) is 0 Å². The molecule has 0 aliphatic carbocycles. The molecule has 0 atom stereocenters. The van der Waals surface area contributed by atoms with Crippen molar-refractivity contribution < 1.29 is 0 Å². The molecule has 98 heavy (non-hydrogen) atoms. The van der Waals surface area contributed by atoms with E-state index < -0.39 is 0 Å². The third kappa shape index (κ3) is 10.6. The van der Waals surface area contributed by atoms with Crippen molar-refractivity contribution in [1.29, 1.82) is 15.8 Å². The molecule has 0 unspecified atom stereocenters. The van der Waals surface area contributed by atoms with Gasteiger partial charge in [0.1, 0.15) is 0 Å². The third-order valence-corrected chi connectivity index (χ3v) is 18.7. The summed E-state index contributed by atoms with van der Waals surface area (Å²) in [4.78, 5) is 17.1. The molecule has 8 nitrogen and oxygen atoms in total. The summed E-state index contributed by atoms with van der Waals surface area (Å²) in [5, 5.41) is 34.9. The maximum atomic E-state index is 10.3. The molecule has 17 rings (SSSR count). The summed E-state index contributed by atoms with van der Waals surface area (Å²) in [6.45, 7) is 0. The highest BCUT2D eigenvalue weighted by Gasteiger charge is 2.25. The van der Waals surface area contributed by atoms with Gasteiger partial charge in [-0.2, -0.15) is 15.8 Å². The summed E-state index contributed by atoms with van der Waals surface area (Å²) in [6, 6.07) is 120. The van der Waals surface area contributed by atoms with Crippen LogP contribution < -0.4 is 0 Å². The largest absolute Gasteiger partial charge is 0.308 e. The van der Waals surface area contributed by atoms with E-state index in [2.05, 4.69) is 246 Å². The van der Waals surface area contributed by atoms with Gasteiger partial charge in [0.05, 0.1) is 68.3 Å². The van der Waals surface area contributed by atoms with E-state index in [1.54, 1.807) is 0 Å². The Hall–Kier alpha value is -13.8. The second kappa shape index (κ2) is 24.6.